The molecule has 0 aromatic heterocycles. The van der Waals surface area contributed by atoms with Crippen molar-refractivity contribution in [1.29, 1.82) is 0 Å². The van der Waals surface area contributed by atoms with Crippen molar-refractivity contribution in [3.8, 4) is 0 Å². The summed E-state index contributed by atoms with van der Waals surface area (Å²) in [6.45, 7) is 0. The van der Waals surface area contributed by atoms with Gasteiger partial charge in [-0.1, -0.05) is 0 Å². The Bertz CT molecular complexity index is 178. The van der Waals surface area contributed by atoms with Gasteiger partial charge in [-0.25, -0.2) is 0 Å². The average molecular weight is 351 g/mol. The molecule has 59 valence electrons. The summed E-state index contributed by atoms with van der Waals surface area (Å²) in [7, 11) is 16.8. The molecule has 0 aromatic rings. The monoisotopic (exact) mass is 353 g/mol. The quantitative estimate of drug-likeness (QED) is 0.552. The van der Waals surface area contributed by atoms with Crippen molar-refractivity contribution in [2.45, 2.75) is 21.4 Å². The molecule has 13 radical (unpaired) electrons. The molecule has 7 heteroatoms. The van der Waals surface area contributed by atoms with Gasteiger partial charge in [0.25, 0.3) is 0 Å². The summed E-state index contributed by atoms with van der Waals surface area (Å²) in [5.74, 6) is -1.85. The molecule has 1 heterocycles. The van der Waals surface area contributed by atoms with Crippen LogP contribution in [0.1, 0.15) is 12.8 Å². The summed E-state index contributed by atoms with van der Waals surface area (Å²) in [6, 6.07) is 0. The summed E-state index contributed by atoms with van der Waals surface area (Å²) >= 11 is 2.11. The Hall–Kier alpha value is 1.83. The molecule has 0 atom stereocenters. The second-order valence-corrected chi connectivity index (χ2v) is 17.8. The van der Waals surface area contributed by atoms with Crippen LogP contribution in [0.25, 0.3) is 0 Å². The Morgan fingerprint density at radius 3 is 1.67 bits per heavy atom. The van der Waals surface area contributed by atoms with E-state index in [1.165, 1.54) is 0 Å². The first-order chi connectivity index (χ1) is 5.27. The Morgan fingerprint density at radius 2 is 1.50 bits per heavy atom. The van der Waals surface area contributed by atoms with Gasteiger partial charge in [0, 0.05) is 0 Å². The van der Waals surface area contributed by atoms with Crippen molar-refractivity contribution >= 4 is 68.3 Å². The van der Waals surface area contributed by atoms with Crippen molar-refractivity contribution < 1.29 is 4.43 Å². The van der Waals surface area contributed by atoms with Crippen molar-refractivity contribution in [3.05, 3.63) is 0 Å². The first-order valence-electron chi connectivity index (χ1n) is 3.52. The van der Waals surface area contributed by atoms with Crippen molar-refractivity contribution in [2.24, 2.45) is 0 Å². The van der Waals surface area contributed by atoms with E-state index in [0.717, 1.165) is 12.8 Å². The molecule has 0 saturated carbocycles. The fourth-order valence-corrected chi connectivity index (χ4v) is 11.3. The molecule has 0 aliphatic carbocycles. The van der Waals surface area contributed by atoms with Gasteiger partial charge in [0.2, 0.25) is 0 Å². The van der Waals surface area contributed by atoms with Crippen molar-refractivity contribution in [1.82, 2.24) is 0 Å². The predicted molar refractivity (Wildman–Crippen MR) is 56.2 cm³/mol. The van der Waals surface area contributed by atoms with E-state index in [4.69, 9.17) is 4.43 Å². The Kier molecular flexibility index (Phi) is 3.42. The first kappa shape index (κ1) is 11.9. The molecular weight excluding hydrogens is 344 g/mol. The molecular formula is C5H7OSi5Te. The minimum absolute atomic E-state index is 0.0320. The Balaban J connectivity index is 3.04. The molecule has 1 aliphatic rings. The molecule has 0 N–H and O–H groups in total. The molecule has 1 fully saturated rings. The van der Waals surface area contributed by atoms with Gasteiger partial charge in [-0.05, 0) is 0 Å². The van der Waals surface area contributed by atoms with Crippen LogP contribution in [0, 0.1) is 0 Å². The zero-order chi connectivity index (χ0) is 9.62. The van der Waals surface area contributed by atoms with E-state index < -0.39 is 5.87 Å². The topological polar surface area (TPSA) is 9.23 Å². The van der Waals surface area contributed by atoms with Crippen LogP contribution < -0.4 is 0 Å². The molecule has 0 amide bonds. The normalized spacial score (nSPS) is 30.5. The maximum absolute atomic E-state index is 5.68. The van der Waals surface area contributed by atoms with Crippen LogP contribution in [0.3, 0.4) is 0 Å². The van der Waals surface area contributed by atoms with E-state index in [0.29, 0.717) is 0 Å². The van der Waals surface area contributed by atoms with Crippen LogP contribution in [-0.2, 0) is 4.43 Å². The van der Waals surface area contributed by atoms with Gasteiger partial charge >= 0.3 is 101 Å². The summed E-state index contributed by atoms with van der Waals surface area (Å²) in [6.07, 6.45) is 2.12. The number of rotatable bonds is 1. The zero-order valence-electron chi connectivity index (χ0n) is 6.73. The van der Waals surface area contributed by atoms with Gasteiger partial charge in [0.15, 0.2) is 0 Å². The van der Waals surface area contributed by atoms with Gasteiger partial charge in [-0.15, -0.1) is 0 Å². The van der Waals surface area contributed by atoms with E-state index in [1.54, 1.807) is 7.11 Å². The summed E-state index contributed by atoms with van der Waals surface area (Å²) in [5.41, 5.74) is 0. The van der Waals surface area contributed by atoms with Crippen LogP contribution in [0.15, 0.2) is 0 Å². The first-order valence-corrected chi connectivity index (χ1v) is 10.8. The van der Waals surface area contributed by atoms with Gasteiger partial charge in [-0.2, -0.15) is 0 Å². The van der Waals surface area contributed by atoms with Gasteiger partial charge in [0.1, 0.15) is 0 Å². The van der Waals surface area contributed by atoms with Crippen molar-refractivity contribution in [3.63, 3.8) is 0 Å². The third-order valence-corrected chi connectivity index (χ3v) is 24.9. The van der Waals surface area contributed by atoms with Gasteiger partial charge in [0.05, 0.1) is 0 Å². The van der Waals surface area contributed by atoms with Crippen LogP contribution in [0.5, 0.6) is 0 Å². The molecule has 0 unspecified atom stereocenters. The van der Waals surface area contributed by atoms with E-state index in [-0.39, 0.29) is 8.57 Å². The molecule has 1 rings (SSSR count). The molecule has 1 aliphatic heterocycles. The van der Waals surface area contributed by atoms with Crippen LogP contribution in [0.4, 0.5) is 0 Å². The molecule has 0 bridgehead atoms. The third kappa shape index (κ3) is 1.56. The van der Waals surface area contributed by atoms with E-state index in [9.17, 15) is 0 Å². The number of hydrogen-bond acceptors (Lipinski definition) is 1. The standard InChI is InChI=1S/C5H7OSi5Te/c1-6-11(12)4(7,8)2-3-5(11,9)10/h2-3H2,1H3. The summed E-state index contributed by atoms with van der Waals surface area (Å²) in [5, 5.41) is 0. The third-order valence-electron chi connectivity index (χ3n) is 2.29. The molecule has 0 spiro atoms. The van der Waals surface area contributed by atoms with E-state index in [1.807, 2.05) is 0 Å². The Labute approximate surface area is 101 Å². The summed E-state index contributed by atoms with van der Waals surface area (Å²) < 4.78 is 5.61. The molecule has 1 nitrogen and oxygen atoms in total. The van der Waals surface area contributed by atoms with Crippen molar-refractivity contribution in [2.75, 3.05) is 7.11 Å². The fraction of sp³-hybridized carbons (Fsp3) is 1.00. The van der Waals surface area contributed by atoms with Gasteiger partial charge < -0.3 is 0 Å². The second-order valence-electron chi connectivity index (χ2n) is 3.13. The number of hydrogen-bond donors (Lipinski definition) is 0. The van der Waals surface area contributed by atoms with Crippen LogP contribution in [0.2, 0.25) is 8.57 Å². The maximum atomic E-state index is 5.68. The molecule has 12 heavy (non-hydrogen) atoms. The molecule has 0 aromatic carbocycles. The SMILES string of the molecule is CO[Si]1([Te])C([Si])([Si])CCC1([Si])[Si]. The second kappa shape index (κ2) is 3.45. The minimum atomic E-state index is -1.85. The fourth-order valence-electron chi connectivity index (χ4n) is 1.42. The van der Waals surface area contributed by atoms with E-state index in [2.05, 4.69) is 62.5 Å². The zero-order valence-corrected chi connectivity index (χ0v) is 14.1. The molecule has 1 saturated heterocycles. The predicted octanol–water partition coefficient (Wildman–Crippen LogP) is -0.978. The van der Waals surface area contributed by atoms with Crippen LogP contribution >= 0.6 is 0 Å². The van der Waals surface area contributed by atoms with Crippen LogP contribution in [-0.4, -0.2) is 75.5 Å². The van der Waals surface area contributed by atoms with Gasteiger partial charge in [-0.3, -0.25) is 0 Å². The Morgan fingerprint density at radius 1 is 1.17 bits per heavy atom. The average Bonchev–Trinajstić information content (AvgIpc) is 2.12. The van der Waals surface area contributed by atoms with E-state index >= 15 is 0 Å². The summed E-state index contributed by atoms with van der Waals surface area (Å²) in [4.78, 5) is 0.